The molecular formula is C5H5NOReRf-2. The van der Waals surface area contributed by atoms with Crippen molar-refractivity contribution in [2.45, 2.75) is 13.3 Å². The Labute approximate surface area is 62.0 Å². The normalized spacial score (nSPS) is 7.22. The standard InChI is InChI=1S/C5H5NO.Re.Rf/c1-2-5-3-6-4-7-5;;/h2H2,1H3;;/q-2;;. The molecule has 0 aliphatic rings. The van der Waals surface area contributed by atoms with E-state index >= 15 is 0 Å². The molecule has 2 nitrogen and oxygen atoms in total. The Balaban J connectivity index is 0. The molecule has 0 aromatic carbocycles. The van der Waals surface area contributed by atoms with Crippen LogP contribution >= 0.6 is 0 Å². The topological polar surface area (TPSA) is 26.0 Å². The van der Waals surface area contributed by atoms with Crippen LogP contribution in [0.25, 0.3) is 0 Å². The molecule has 0 atom stereocenters. The fraction of sp³-hybridized carbons (Fsp3) is 0.400. The van der Waals surface area contributed by atoms with Crippen LogP contribution in [-0.2, 0) is 26.8 Å². The van der Waals surface area contributed by atoms with E-state index in [0.717, 1.165) is 12.2 Å². The minimum Gasteiger partial charge on any atom is -0.675 e. The maximum Gasteiger partial charge on any atom is 0 e. The number of oxazole rings is 1. The molecule has 1 aromatic heterocycles. The molecule has 1 radical (unpaired) electrons. The van der Waals surface area contributed by atoms with Gasteiger partial charge in [-0.2, -0.15) is 0 Å². The van der Waals surface area contributed by atoms with Gasteiger partial charge in [-0.15, -0.1) is 5.76 Å². The van der Waals surface area contributed by atoms with Crippen LogP contribution in [0.15, 0.2) is 4.42 Å². The summed E-state index contributed by atoms with van der Waals surface area (Å²) in [6, 6.07) is 0. The second-order valence-corrected chi connectivity index (χ2v) is 1.19. The van der Waals surface area contributed by atoms with Crippen LogP contribution in [0.3, 0.4) is 0 Å². The van der Waals surface area contributed by atoms with Gasteiger partial charge < -0.3 is 15.6 Å². The molecule has 0 bridgehead atoms. The van der Waals surface area contributed by atoms with Crippen molar-refractivity contribution in [3.8, 4) is 0 Å². The Morgan fingerprint density at radius 1 is 1.67 bits per heavy atom. The van der Waals surface area contributed by atoms with Crippen molar-refractivity contribution in [1.29, 1.82) is 0 Å². The largest absolute Gasteiger partial charge is 0.675 e. The molecule has 0 saturated carbocycles. The molecule has 0 unspecified atom stereocenters. The zero-order chi connectivity index (χ0) is 5.11. The molecule has 4 heteroatoms. The molecule has 0 fully saturated rings. The Kier molecular flexibility index (Phi) is 6.01. The van der Waals surface area contributed by atoms with Gasteiger partial charge in [-0.3, -0.25) is 0 Å². The summed E-state index contributed by atoms with van der Waals surface area (Å²) >= 11 is 0. The van der Waals surface area contributed by atoms with E-state index in [9.17, 15) is 0 Å². The maximum atomic E-state index is 4.69. The molecule has 0 spiro atoms. The van der Waals surface area contributed by atoms with E-state index in [4.69, 9.17) is 4.42 Å². The molecule has 1 aromatic rings. The summed E-state index contributed by atoms with van der Waals surface area (Å²) in [6.45, 7) is 1.98. The second kappa shape index (κ2) is 5.02. The molecule has 1 rings (SSSR count). The van der Waals surface area contributed by atoms with Crippen molar-refractivity contribution in [2.24, 2.45) is 0 Å². The first-order valence-corrected chi connectivity index (χ1v) is 2.17. The van der Waals surface area contributed by atoms with Crippen LogP contribution in [-0.4, -0.2) is 4.98 Å². The molecule has 0 saturated heterocycles. The third-order valence-corrected chi connectivity index (χ3v) is 0.716. The Hall–Kier alpha value is -1.13. The van der Waals surface area contributed by atoms with Gasteiger partial charge in [-0.1, -0.05) is 6.92 Å². The molecule has 0 aliphatic heterocycles. The van der Waals surface area contributed by atoms with Gasteiger partial charge in [0.1, 0.15) is 0 Å². The molecule has 9 heavy (non-hydrogen) atoms. The van der Waals surface area contributed by atoms with Gasteiger partial charge in [0.2, 0.25) is 0 Å². The summed E-state index contributed by atoms with van der Waals surface area (Å²) in [4.78, 5) is 3.48. The van der Waals surface area contributed by atoms with E-state index in [-0.39, 0.29) is 20.4 Å². The van der Waals surface area contributed by atoms with E-state index in [2.05, 4.69) is 17.6 Å². The van der Waals surface area contributed by atoms with Gasteiger partial charge >= 0.3 is 0 Å². The summed E-state index contributed by atoms with van der Waals surface area (Å²) in [6.07, 6.45) is 5.76. The summed E-state index contributed by atoms with van der Waals surface area (Å²) in [5, 5.41) is 0. The van der Waals surface area contributed by atoms with Gasteiger partial charge in [-0.05, 0) is 6.42 Å². The molecular weight excluding hydrogens is 543 g/mol. The smallest absolute Gasteiger partial charge is 0 e. The van der Waals surface area contributed by atoms with E-state index in [1.807, 2.05) is 6.92 Å². The summed E-state index contributed by atoms with van der Waals surface area (Å²) < 4.78 is 4.69. The van der Waals surface area contributed by atoms with Crippen LogP contribution < -0.4 is 0 Å². The van der Waals surface area contributed by atoms with Crippen molar-refractivity contribution in [2.75, 3.05) is 0 Å². The monoisotopic (exact) mass is 549 g/mol. The van der Waals surface area contributed by atoms with Crippen LogP contribution in [0.1, 0.15) is 12.7 Å². The van der Waals surface area contributed by atoms with Crippen molar-refractivity contribution in [3.05, 3.63) is 18.4 Å². The van der Waals surface area contributed by atoms with Crippen LogP contribution in [0, 0.1) is 12.6 Å². The number of aryl methyl sites for hydroxylation is 1. The molecule has 0 aliphatic carbocycles. The molecule has 0 amide bonds. The van der Waals surface area contributed by atoms with Crippen LogP contribution in [0.5, 0.6) is 0 Å². The zero-order valence-electron chi connectivity index (χ0n) is 5.15. The molecule has 0 N–H and O–H groups in total. The van der Waals surface area contributed by atoms with Crippen LogP contribution in [0.4, 0.5) is 0 Å². The predicted octanol–water partition coefficient (Wildman–Crippen LogP) is 0.835. The Morgan fingerprint density at radius 3 is 2.56 bits per heavy atom. The Bertz CT molecular complexity index is 132. The first-order chi connectivity index (χ1) is 3.43. The van der Waals surface area contributed by atoms with Crippen molar-refractivity contribution in [1.82, 2.24) is 4.98 Å². The van der Waals surface area contributed by atoms with E-state index in [1.165, 1.54) is 0 Å². The third kappa shape index (κ3) is 2.63. The van der Waals surface area contributed by atoms with Gasteiger partial charge in [0.15, 0.2) is 0 Å². The zero-order valence-corrected chi connectivity index (χ0v) is 14.3. The minimum atomic E-state index is 0. The number of nitrogens with zero attached hydrogens (tertiary/aromatic N) is 1. The van der Waals surface area contributed by atoms with Gasteiger partial charge in [0.25, 0.3) is 0 Å². The van der Waals surface area contributed by atoms with Crippen LogP contribution in [0.2, 0.25) is 0 Å². The average Bonchev–Trinajstić information content (AvgIpc) is 2.14. The predicted molar refractivity (Wildman–Crippen MR) is 23.6 cm³/mol. The summed E-state index contributed by atoms with van der Waals surface area (Å²) in [7, 11) is 0. The number of hydrogen-bond donors (Lipinski definition) is 0. The molecule has 47 valence electrons. The summed E-state index contributed by atoms with van der Waals surface area (Å²) in [5.74, 6) is 0.764. The van der Waals surface area contributed by atoms with Crippen molar-refractivity contribution >= 4 is 0 Å². The van der Waals surface area contributed by atoms with Gasteiger partial charge in [0, 0.05) is 20.4 Å². The minimum absolute atomic E-state index is 0. The Morgan fingerprint density at radius 2 is 2.33 bits per heavy atom. The van der Waals surface area contributed by atoms with E-state index in [0.29, 0.717) is 0 Å². The fourth-order valence-corrected chi connectivity index (χ4v) is 0.337. The quantitative estimate of drug-likeness (QED) is 0.487. The first-order valence-electron chi connectivity index (χ1n) is 2.17. The first kappa shape index (κ1) is 10.8. The number of aromatic nitrogens is 1. The average molecular weight is 548 g/mol. The third-order valence-electron chi connectivity index (χ3n) is 0.716. The fourth-order valence-electron chi connectivity index (χ4n) is 0.337. The summed E-state index contributed by atoms with van der Waals surface area (Å²) in [5.41, 5.74) is 0. The number of hydrogen-bond acceptors (Lipinski definition) is 2. The maximum absolute atomic E-state index is 4.69. The van der Waals surface area contributed by atoms with E-state index in [1.54, 1.807) is 0 Å². The SMILES string of the molecule is CCc1[c-]n[c-]o1.[Re].[Rf]. The van der Waals surface area contributed by atoms with Crippen molar-refractivity contribution in [3.63, 3.8) is 0 Å². The van der Waals surface area contributed by atoms with Gasteiger partial charge in [-0.25, -0.2) is 6.39 Å². The second-order valence-electron chi connectivity index (χ2n) is 1.19. The van der Waals surface area contributed by atoms with E-state index < -0.39 is 0 Å². The van der Waals surface area contributed by atoms with Crippen molar-refractivity contribution < 1.29 is 24.8 Å². The van der Waals surface area contributed by atoms with Gasteiger partial charge in [0.05, 0.1) is 0 Å². The number of rotatable bonds is 1. The molecule has 1 heterocycles.